The van der Waals surface area contributed by atoms with Crippen molar-refractivity contribution in [1.82, 2.24) is 0 Å². The number of hydrogen-bond acceptors (Lipinski definition) is 7. The van der Waals surface area contributed by atoms with Crippen molar-refractivity contribution in [3.05, 3.63) is 136 Å². The number of rotatable bonds is 13. The zero-order valence-corrected chi connectivity index (χ0v) is 26.2. The van der Waals surface area contributed by atoms with Gasteiger partial charge in [-0.1, -0.05) is 36.4 Å². The van der Waals surface area contributed by atoms with E-state index in [0.717, 1.165) is 40.8 Å². The maximum Gasteiger partial charge on any atom is 0.229 e. The van der Waals surface area contributed by atoms with Gasteiger partial charge in [-0.05, 0) is 94.5 Å². The van der Waals surface area contributed by atoms with Crippen LogP contribution in [0.1, 0.15) is 27.8 Å². The van der Waals surface area contributed by atoms with Crippen LogP contribution in [0.3, 0.4) is 0 Å². The van der Waals surface area contributed by atoms with Crippen LogP contribution in [-0.2, 0) is 29.5 Å². The van der Waals surface area contributed by atoms with E-state index in [-0.39, 0.29) is 0 Å². The molecule has 4 aromatic carbocycles. The van der Waals surface area contributed by atoms with Crippen molar-refractivity contribution >= 4 is 32.7 Å². The molecule has 0 radical (unpaired) electrons. The zero-order valence-electron chi connectivity index (χ0n) is 24.6. The van der Waals surface area contributed by atoms with Crippen molar-refractivity contribution in [1.29, 1.82) is 5.26 Å². The fraction of sp³-hybridized carbons (Fsp3) is 0.171. The van der Waals surface area contributed by atoms with Crippen molar-refractivity contribution in [2.45, 2.75) is 26.4 Å². The molecule has 0 unspecified atom stereocenters. The molecule has 0 aliphatic carbocycles. The molecule has 1 N–H and O–H groups in total. The van der Waals surface area contributed by atoms with Crippen LogP contribution >= 0.6 is 11.3 Å². The standard InChI is InChI=1S/C35H33N3O4S2/c1-26-34(37-44(2,39)40)7-4-8-35(26)38(23-28-11-9-27(22-36)10-12-28)24-29-13-15-31(16-14-29)42-33-6-3-5-32(21-33)41-19-17-30-18-20-43-25-30/h3-16,18,20-21,25,37H,17,19,23-24H2,1-2H3. The smallest absolute Gasteiger partial charge is 0.229 e. The highest BCUT2D eigenvalue weighted by Gasteiger charge is 2.15. The number of nitriles is 1. The summed E-state index contributed by atoms with van der Waals surface area (Å²) in [5.74, 6) is 2.16. The van der Waals surface area contributed by atoms with Gasteiger partial charge >= 0.3 is 0 Å². The number of ether oxygens (including phenoxy) is 2. The number of sulfonamides is 1. The van der Waals surface area contributed by atoms with Crippen LogP contribution in [0.15, 0.2) is 108 Å². The number of benzene rings is 4. The van der Waals surface area contributed by atoms with Gasteiger partial charge < -0.3 is 14.4 Å². The van der Waals surface area contributed by atoms with Gasteiger partial charge in [0.05, 0.1) is 30.2 Å². The third-order valence-electron chi connectivity index (χ3n) is 6.98. The molecule has 0 aliphatic heterocycles. The van der Waals surface area contributed by atoms with Gasteiger partial charge in [0.15, 0.2) is 0 Å². The van der Waals surface area contributed by atoms with Gasteiger partial charge in [-0.3, -0.25) is 4.72 Å². The third kappa shape index (κ3) is 8.63. The Morgan fingerprint density at radius 1 is 0.841 bits per heavy atom. The average Bonchev–Trinajstić information content (AvgIpc) is 3.53. The summed E-state index contributed by atoms with van der Waals surface area (Å²) in [5, 5.41) is 13.4. The van der Waals surface area contributed by atoms with Gasteiger partial charge in [0, 0.05) is 31.3 Å². The van der Waals surface area contributed by atoms with Gasteiger partial charge in [0.1, 0.15) is 17.2 Å². The number of nitrogens with one attached hydrogen (secondary N) is 1. The van der Waals surface area contributed by atoms with Gasteiger partial charge in [-0.25, -0.2) is 8.42 Å². The normalized spacial score (nSPS) is 11.0. The van der Waals surface area contributed by atoms with Crippen molar-refractivity contribution < 1.29 is 17.9 Å². The molecular formula is C35H33N3O4S2. The fourth-order valence-electron chi connectivity index (χ4n) is 4.78. The fourth-order valence-corrected chi connectivity index (χ4v) is 6.10. The largest absolute Gasteiger partial charge is 0.493 e. The zero-order chi connectivity index (χ0) is 30.9. The van der Waals surface area contributed by atoms with Crippen molar-refractivity contribution in [2.75, 3.05) is 22.5 Å². The van der Waals surface area contributed by atoms with Crippen LogP contribution in [0.4, 0.5) is 11.4 Å². The van der Waals surface area contributed by atoms with Gasteiger partial charge in [-0.2, -0.15) is 16.6 Å². The minimum Gasteiger partial charge on any atom is -0.493 e. The lowest BCUT2D eigenvalue weighted by atomic mass is 10.1. The quantitative estimate of drug-likeness (QED) is 0.143. The van der Waals surface area contributed by atoms with Crippen LogP contribution in [0.5, 0.6) is 17.2 Å². The van der Waals surface area contributed by atoms with Crippen LogP contribution in [0.2, 0.25) is 0 Å². The highest BCUT2D eigenvalue weighted by Crippen LogP contribution is 2.31. The van der Waals surface area contributed by atoms with E-state index >= 15 is 0 Å². The topological polar surface area (TPSA) is 91.7 Å². The monoisotopic (exact) mass is 623 g/mol. The molecule has 1 heterocycles. The summed E-state index contributed by atoms with van der Waals surface area (Å²) in [6.07, 6.45) is 2.00. The van der Waals surface area contributed by atoms with Crippen molar-refractivity contribution in [2.24, 2.45) is 0 Å². The molecule has 7 nitrogen and oxygen atoms in total. The molecule has 9 heteroatoms. The lowest BCUT2D eigenvalue weighted by Gasteiger charge is -2.28. The Morgan fingerprint density at radius 2 is 1.52 bits per heavy atom. The first-order chi connectivity index (χ1) is 21.3. The molecule has 0 atom stereocenters. The molecule has 0 saturated heterocycles. The Balaban J connectivity index is 1.31. The van der Waals surface area contributed by atoms with Gasteiger partial charge in [0.2, 0.25) is 10.0 Å². The molecule has 0 spiro atoms. The molecule has 5 rings (SSSR count). The first kappa shape index (κ1) is 30.7. The highest BCUT2D eigenvalue weighted by atomic mass is 32.2. The second-order valence-electron chi connectivity index (χ2n) is 10.4. The molecule has 0 amide bonds. The number of thiophene rings is 1. The van der Waals surface area contributed by atoms with Crippen LogP contribution in [0.25, 0.3) is 0 Å². The van der Waals surface area contributed by atoms with E-state index in [1.807, 2.05) is 79.7 Å². The summed E-state index contributed by atoms with van der Waals surface area (Å²) < 4.78 is 38.6. The highest BCUT2D eigenvalue weighted by molar-refractivity contribution is 7.92. The molecule has 0 aliphatic rings. The Kier molecular flexibility index (Phi) is 9.85. The van der Waals surface area contributed by atoms with Crippen LogP contribution < -0.4 is 19.1 Å². The van der Waals surface area contributed by atoms with E-state index in [2.05, 4.69) is 32.5 Å². The number of anilines is 2. The predicted octanol–water partition coefficient (Wildman–Crippen LogP) is 7.92. The second kappa shape index (κ2) is 14.1. The van der Waals surface area contributed by atoms with E-state index < -0.39 is 10.0 Å². The summed E-state index contributed by atoms with van der Waals surface area (Å²) in [6.45, 7) is 3.63. The SMILES string of the molecule is Cc1c(NS(C)(=O)=O)cccc1N(Cc1ccc(C#N)cc1)Cc1ccc(Oc2cccc(OCCc3ccsc3)c2)cc1. The third-order valence-corrected chi connectivity index (χ3v) is 8.30. The van der Waals surface area contributed by atoms with E-state index in [1.165, 1.54) is 5.56 Å². The van der Waals surface area contributed by atoms with Gasteiger partial charge in [-0.15, -0.1) is 0 Å². The van der Waals surface area contributed by atoms with Crippen molar-refractivity contribution in [3.63, 3.8) is 0 Å². The van der Waals surface area contributed by atoms with E-state index in [4.69, 9.17) is 9.47 Å². The Labute approximate surface area is 263 Å². The lowest BCUT2D eigenvalue weighted by molar-refractivity contribution is 0.320. The molecule has 5 aromatic rings. The maximum atomic E-state index is 12.0. The molecule has 224 valence electrons. The maximum absolute atomic E-state index is 12.0. The Bertz CT molecular complexity index is 1830. The Morgan fingerprint density at radius 3 is 2.18 bits per heavy atom. The summed E-state index contributed by atoms with van der Waals surface area (Å²) in [4.78, 5) is 2.19. The summed E-state index contributed by atoms with van der Waals surface area (Å²) >= 11 is 1.69. The number of hydrogen-bond donors (Lipinski definition) is 1. The Hall–Kier alpha value is -4.78. The first-order valence-corrected chi connectivity index (χ1v) is 16.9. The summed E-state index contributed by atoms with van der Waals surface area (Å²) in [5.41, 5.74) is 6.22. The van der Waals surface area contributed by atoms with Crippen LogP contribution in [0, 0.1) is 18.3 Å². The first-order valence-electron chi connectivity index (χ1n) is 14.1. The van der Waals surface area contributed by atoms with E-state index in [9.17, 15) is 13.7 Å². The van der Waals surface area contributed by atoms with E-state index in [1.54, 1.807) is 29.5 Å². The minimum atomic E-state index is -3.44. The van der Waals surface area contributed by atoms with E-state index in [0.29, 0.717) is 42.4 Å². The summed E-state index contributed by atoms with van der Waals surface area (Å²) in [7, 11) is -3.44. The molecule has 0 saturated carbocycles. The molecule has 1 aromatic heterocycles. The van der Waals surface area contributed by atoms with Crippen molar-refractivity contribution in [3.8, 4) is 23.3 Å². The van der Waals surface area contributed by atoms with Gasteiger partial charge in [0.25, 0.3) is 0 Å². The molecule has 44 heavy (non-hydrogen) atoms. The molecular weight excluding hydrogens is 591 g/mol. The second-order valence-corrected chi connectivity index (χ2v) is 13.0. The minimum absolute atomic E-state index is 0.538. The summed E-state index contributed by atoms with van der Waals surface area (Å²) in [6, 6.07) is 32.9. The molecule has 0 bridgehead atoms. The predicted molar refractivity (Wildman–Crippen MR) is 177 cm³/mol. The van der Waals surface area contributed by atoms with Crippen LogP contribution in [-0.4, -0.2) is 21.3 Å². The molecule has 0 fully saturated rings. The number of nitrogens with zero attached hydrogens (tertiary/aromatic N) is 2. The lowest BCUT2D eigenvalue weighted by Crippen LogP contribution is -2.23. The average molecular weight is 624 g/mol.